The molecule has 2 aromatic heterocycles. The van der Waals surface area contributed by atoms with Gasteiger partial charge < -0.3 is 10.1 Å². The zero-order chi connectivity index (χ0) is 20.2. The van der Waals surface area contributed by atoms with E-state index < -0.39 is 0 Å². The predicted molar refractivity (Wildman–Crippen MR) is 110 cm³/mol. The van der Waals surface area contributed by atoms with E-state index in [9.17, 15) is 4.79 Å². The SMILES string of the molecule is CC(C)Oc1cccc2c1c(NC(=O)Cn1cncn1)nn2Cc1ccccc1. The number of fused-ring (bicyclic) bond motifs is 1. The zero-order valence-electron chi connectivity index (χ0n) is 16.3. The molecule has 8 nitrogen and oxygen atoms in total. The summed E-state index contributed by atoms with van der Waals surface area (Å²) >= 11 is 0. The Morgan fingerprint density at radius 2 is 1.97 bits per heavy atom. The fourth-order valence-corrected chi connectivity index (χ4v) is 3.15. The molecule has 0 saturated heterocycles. The quantitative estimate of drug-likeness (QED) is 0.524. The first kappa shape index (κ1) is 18.7. The molecule has 2 heterocycles. The first-order valence-electron chi connectivity index (χ1n) is 9.42. The van der Waals surface area contributed by atoms with E-state index in [1.807, 2.05) is 67.1 Å². The van der Waals surface area contributed by atoms with Crippen LogP contribution in [0.2, 0.25) is 0 Å². The van der Waals surface area contributed by atoms with Crippen LogP contribution in [0.15, 0.2) is 61.2 Å². The minimum Gasteiger partial charge on any atom is -0.490 e. The number of ether oxygens (including phenoxy) is 1. The molecule has 148 valence electrons. The molecule has 29 heavy (non-hydrogen) atoms. The molecule has 1 N–H and O–H groups in total. The summed E-state index contributed by atoms with van der Waals surface area (Å²) in [6.07, 6.45) is 2.89. The molecule has 0 unspecified atom stereocenters. The van der Waals surface area contributed by atoms with Gasteiger partial charge in [-0.05, 0) is 31.5 Å². The van der Waals surface area contributed by atoms with E-state index in [0.29, 0.717) is 18.1 Å². The Kier molecular flexibility index (Phi) is 5.24. The number of aromatic nitrogens is 5. The Labute approximate surface area is 168 Å². The highest BCUT2D eigenvalue weighted by Crippen LogP contribution is 2.33. The standard InChI is InChI=1S/C21H22N6O2/c1-15(2)29-18-10-6-9-17-20(18)21(24-19(28)12-26-14-22-13-23-26)25-27(17)11-16-7-4-3-5-8-16/h3-10,13-15H,11-12H2,1-2H3,(H,24,25,28). The van der Waals surface area contributed by atoms with E-state index in [0.717, 1.165) is 16.5 Å². The first-order valence-corrected chi connectivity index (χ1v) is 9.42. The van der Waals surface area contributed by atoms with Crippen LogP contribution in [0.4, 0.5) is 5.82 Å². The lowest BCUT2D eigenvalue weighted by Gasteiger charge is -2.12. The largest absolute Gasteiger partial charge is 0.490 e. The second kappa shape index (κ2) is 8.14. The smallest absolute Gasteiger partial charge is 0.247 e. The lowest BCUT2D eigenvalue weighted by molar-refractivity contribution is -0.116. The maximum atomic E-state index is 12.5. The number of nitrogens with zero attached hydrogens (tertiary/aromatic N) is 5. The van der Waals surface area contributed by atoms with Crippen molar-refractivity contribution in [3.63, 3.8) is 0 Å². The second-order valence-corrected chi connectivity index (χ2v) is 6.95. The molecule has 0 saturated carbocycles. The van der Waals surface area contributed by atoms with Gasteiger partial charge in [-0.15, -0.1) is 0 Å². The molecule has 0 bridgehead atoms. The molecule has 0 fully saturated rings. The molecule has 0 aliphatic rings. The number of rotatable bonds is 7. The molecule has 0 aliphatic carbocycles. The Bertz CT molecular complexity index is 1100. The van der Waals surface area contributed by atoms with E-state index >= 15 is 0 Å². The van der Waals surface area contributed by atoms with Crippen LogP contribution >= 0.6 is 0 Å². The number of benzene rings is 2. The molecule has 4 rings (SSSR count). The Morgan fingerprint density at radius 3 is 2.69 bits per heavy atom. The molecule has 0 spiro atoms. The molecule has 2 aromatic carbocycles. The van der Waals surface area contributed by atoms with Crippen LogP contribution < -0.4 is 10.1 Å². The van der Waals surface area contributed by atoms with Crippen molar-refractivity contribution < 1.29 is 9.53 Å². The number of hydrogen-bond acceptors (Lipinski definition) is 5. The fraction of sp³-hybridized carbons (Fsp3) is 0.238. The van der Waals surface area contributed by atoms with Crippen molar-refractivity contribution >= 4 is 22.6 Å². The van der Waals surface area contributed by atoms with Crippen LogP contribution in [-0.4, -0.2) is 36.6 Å². The molecule has 0 atom stereocenters. The number of hydrogen-bond donors (Lipinski definition) is 1. The summed E-state index contributed by atoms with van der Waals surface area (Å²) in [6, 6.07) is 15.9. The Morgan fingerprint density at radius 1 is 1.14 bits per heavy atom. The molecule has 4 aromatic rings. The highest BCUT2D eigenvalue weighted by atomic mass is 16.5. The maximum absolute atomic E-state index is 12.5. The van der Waals surface area contributed by atoms with Gasteiger partial charge in [0.2, 0.25) is 5.91 Å². The molecule has 0 radical (unpaired) electrons. The third kappa shape index (κ3) is 4.26. The third-order valence-electron chi connectivity index (χ3n) is 4.31. The average molecular weight is 390 g/mol. The van der Waals surface area contributed by atoms with E-state index in [1.54, 1.807) is 0 Å². The number of amides is 1. The van der Waals surface area contributed by atoms with Gasteiger partial charge in [0.25, 0.3) is 0 Å². The van der Waals surface area contributed by atoms with E-state index in [2.05, 4.69) is 20.5 Å². The number of carbonyl (C=O) groups excluding carboxylic acids is 1. The lowest BCUT2D eigenvalue weighted by Crippen LogP contribution is -2.19. The van der Waals surface area contributed by atoms with Crippen LogP contribution in [0.1, 0.15) is 19.4 Å². The van der Waals surface area contributed by atoms with Gasteiger partial charge in [0.1, 0.15) is 24.9 Å². The zero-order valence-corrected chi connectivity index (χ0v) is 16.3. The predicted octanol–water partition coefficient (Wildman–Crippen LogP) is 3.10. The van der Waals surface area contributed by atoms with E-state index in [1.165, 1.54) is 17.3 Å². The lowest BCUT2D eigenvalue weighted by atomic mass is 10.2. The fourth-order valence-electron chi connectivity index (χ4n) is 3.15. The first-order chi connectivity index (χ1) is 14.1. The highest BCUT2D eigenvalue weighted by molar-refractivity contribution is 6.02. The second-order valence-electron chi connectivity index (χ2n) is 6.95. The van der Waals surface area contributed by atoms with Gasteiger partial charge in [-0.3, -0.25) is 9.48 Å². The average Bonchev–Trinajstić information content (AvgIpc) is 3.31. The summed E-state index contributed by atoms with van der Waals surface area (Å²) in [5.74, 6) is 0.922. The van der Waals surface area contributed by atoms with Crippen molar-refractivity contribution in [3.8, 4) is 5.75 Å². The van der Waals surface area contributed by atoms with E-state index in [4.69, 9.17) is 4.74 Å². The van der Waals surface area contributed by atoms with Crippen molar-refractivity contribution in [2.75, 3.05) is 5.32 Å². The molecular formula is C21H22N6O2. The van der Waals surface area contributed by atoms with Gasteiger partial charge in [-0.2, -0.15) is 10.2 Å². The van der Waals surface area contributed by atoms with Crippen LogP contribution in [0.3, 0.4) is 0 Å². The number of carbonyl (C=O) groups is 1. The summed E-state index contributed by atoms with van der Waals surface area (Å²) in [5.41, 5.74) is 2.01. The minimum absolute atomic E-state index is 0.00299. The van der Waals surface area contributed by atoms with Gasteiger partial charge in [-0.25, -0.2) is 9.67 Å². The van der Waals surface area contributed by atoms with Crippen molar-refractivity contribution in [2.24, 2.45) is 0 Å². The van der Waals surface area contributed by atoms with Crippen LogP contribution in [0.5, 0.6) is 5.75 Å². The number of nitrogens with one attached hydrogen (secondary N) is 1. The molecular weight excluding hydrogens is 368 g/mol. The van der Waals surface area contributed by atoms with Crippen molar-refractivity contribution in [1.82, 2.24) is 24.5 Å². The number of anilines is 1. The van der Waals surface area contributed by atoms with Crippen molar-refractivity contribution in [1.29, 1.82) is 0 Å². The summed E-state index contributed by atoms with van der Waals surface area (Å²) < 4.78 is 9.33. The van der Waals surface area contributed by atoms with Gasteiger partial charge in [-0.1, -0.05) is 36.4 Å². The summed E-state index contributed by atoms with van der Waals surface area (Å²) in [7, 11) is 0. The topological polar surface area (TPSA) is 86.9 Å². The van der Waals surface area contributed by atoms with Gasteiger partial charge in [0.15, 0.2) is 5.82 Å². The van der Waals surface area contributed by atoms with Gasteiger partial charge >= 0.3 is 0 Å². The Balaban J connectivity index is 1.71. The highest BCUT2D eigenvalue weighted by Gasteiger charge is 2.18. The molecule has 0 aliphatic heterocycles. The normalized spacial score (nSPS) is 11.1. The molecule has 1 amide bonds. The maximum Gasteiger partial charge on any atom is 0.247 e. The van der Waals surface area contributed by atoms with Gasteiger partial charge in [0.05, 0.1) is 23.6 Å². The van der Waals surface area contributed by atoms with Crippen molar-refractivity contribution in [3.05, 3.63) is 66.7 Å². The summed E-state index contributed by atoms with van der Waals surface area (Å²) in [6.45, 7) is 4.58. The Hall–Kier alpha value is -3.68. The summed E-state index contributed by atoms with van der Waals surface area (Å²) in [4.78, 5) is 16.4. The monoisotopic (exact) mass is 390 g/mol. The van der Waals surface area contributed by atoms with Crippen LogP contribution in [-0.2, 0) is 17.9 Å². The van der Waals surface area contributed by atoms with Gasteiger partial charge in [0, 0.05) is 0 Å². The van der Waals surface area contributed by atoms with Crippen molar-refractivity contribution in [2.45, 2.75) is 33.0 Å². The van der Waals surface area contributed by atoms with Crippen LogP contribution in [0, 0.1) is 0 Å². The van der Waals surface area contributed by atoms with Crippen LogP contribution in [0.25, 0.3) is 10.9 Å². The minimum atomic E-state index is -0.235. The third-order valence-corrected chi connectivity index (χ3v) is 4.31. The summed E-state index contributed by atoms with van der Waals surface area (Å²) in [5, 5.41) is 12.3. The van der Waals surface area contributed by atoms with E-state index in [-0.39, 0.29) is 18.6 Å². The molecule has 8 heteroatoms.